The van der Waals surface area contributed by atoms with Crippen molar-refractivity contribution in [1.29, 1.82) is 0 Å². The number of thioether (sulfide) groups is 1. The number of rotatable bonds is 3. The first-order valence-corrected chi connectivity index (χ1v) is 4.17. The molecule has 0 atom stereocenters. The van der Waals surface area contributed by atoms with Gasteiger partial charge < -0.3 is 5.11 Å². The van der Waals surface area contributed by atoms with E-state index in [2.05, 4.69) is 0 Å². The number of amidine groups is 1. The van der Waals surface area contributed by atoms with Crippen LogP contribution in [-0.4, -0.2) is 40.7 Å². The lowest BCUT2D eigenvalue weighted by Crippen LogP contribution is -2.19. The van der Waals surface area contributed by atoms with E-state index >= 15 is 0 Å². The highest BCUT2D eigenvalue weighted by atomic mass is 32.2. The zero-order valence-electron chi connectivity index (χ0n) is 6.70. The molecule has 4 nitrogen and oxygen atoms in total. The van der Waals surface area contributed by atoms with E-state index in [-0.39, 0.29) is 6.42 Å². The molecule has 0 aliphatic carbocycles. The number of nitrogens with zero attached hydrogens (tertiary/aromatic N) is 1. The van der Waals surface area contributed by atoms with Gasteiger partial charge in [0.2, 0.25) is 0 Å². The molecule has 0 radical (unpaired) electrons. The molecule has 5 heteroatoms. The summed E-state index contributed by atoms with van der Waals surface area (Å²) in [6.45, 7) is 0. The summed E-state index contributed by atoms with van der Waals surface area (Å²) in [4.78, 5) is 10.1. The second kappa shape index (κ2) is 5.01. The molecule has 0 amide bonds. The zero-order valence-corrected chi connectivity index (χ0v) is 7.52. The fraction of sp³-hybridized carbons (Fsp3) is 0.667. The molecule has 0 bridgehead atoms. The topological polar surface area (TPSA) is 66.3 Å². The van der Waals surface area contributed by atoms with E-state index in [0.717, 1.165) is 0 Å². The third-order valence-electron chi connectivity index (χ3n) is 1.01. The van der Waals surface area contributed by atoms with Crippen LogP contribution in [0.4, 0.5) is 0 Å². The van der Waals surface area contributed by atoms with Crippen LogP contribution >= 0.6 is 11.8 Å². The number of hydrogen-bond acceptors (Lipinski definition) is 2. The molecule has 0 fully saturated rings. The highest BCUT2D eigenvalue weighted by Crippen LogP contribution is 2.00. The fourth-order valence-electron chi connectivity index (χ4n) is 0.372. The molecule has 0 spiro atoms. The maximum atomic E-state index is 10.1. The van der Waals surface area contributed by atoms with Gasteiger partial charge in [0.25, 0.3) is 0 Å². The molecule has 0 saturated carbocycles. The first-order chi connectivity index (χ1) is 5.04. The monoisotopic (exact) mass is 177 g/mol. The Morgan fingerprint density at radius 2 is 2.18 bits per heavy atom. The molecule has 0 aromatic rings. The van der Waals surface area contributed by atoms with Crippen LogP contribution in [0, 0.1) is 0 Å². The molecule has 11 heavy (non-hydrogen) atoms. The molecule has 64 valence electrons. The average Bonchev–Trinajstić information content (AvgIpc) is 1.86. The van der Waals surface area contributed by atoms with Gasteiger partial charge >= 0.3 is 11.1 Å². The van der Waals surface area contributed by atoms with Gasteiger partial charge in [-0.1, -0.05) is 0 Å². The molecule has 0 aromatic carbocycles. The summed E-state index contributed by atoms with van der Waals surface area (Å²) < 4.78 is 1.76. The van der Waals surface area contributed by atoms with E-state index in [4.69, 9.17) is 10.8 Å². The Bertz CT molecular complexity index is 175. The van der Waals surface area contributed by atoms with E-state index in [1.165, 1.54) is 11.8 Å². The lowest BCUT2D eigenvalue weighted by atomic mass is 10.5. The molecule has 0 unspecified atom stereocenters. The summed E-state index contributed by atoms with van der Waals surface area (Å²) in [5.41, 5.74) is 5.52. The number of aliphatic carboxylic acids is 1. The van der Waals surface area contributed by atoms with Crippen LogP contribution < -0.4 is 5.73 Å². The summed E-state index contributed by atoms with van der Waals surface area (Å²) in [5, 5.41) is 8.93. The summed E-state index contributed by atoms with van der Waals surface area (Å²) >= 11 is 1.35. The molecule has 3 N–H and O–H groups in total. The Labute approximate surface area is 70.1 Å². The van der Waals surface area contributed by atoms with E-state index in [1.807, 2.05) is 14.1 Å². The van der Waals surface area contributed by atoms with Crippen molar-refractivity contribution >= 4 is 22.9 Å². The van der Waals surface area contributed by atoms with Crippen molar-refractivity contribution in [3.8, 4) is 0 Å². The minimum Gasteiger partial charge on any atom is -0.481 e. The van der Waals surface area contributed by atoms with Crippen LogP contribution in [0.1, 0.15) is 6.42 Å². The number of carbonyl (C=O) groups is 1. The fourth-order valence-corrected chi connectivity index (χ4v) is 1.12. The Hall–Kier alpha value is -0.710. The Morgan fingerprint density at radius 3 is 2.55 bits per heavy atom. The zero-order chi connectivity index (χ0) is 8.85. The molecular formula is C6H13N2O2S+. The highest BCUT2D eigenvalue weighted by molar-refractivity contribution is 8.13. The van der Waals surface area contributed by atoms with Crippen LogP contribution in [-0.2, 0) is 4.79 Å². The standard InChI is InChI=1S/C6H12N2O2S/c1-8(2)6(7)11-4-3-5(9)10/h7H,3-4H2,1-2H3,(H,9,10)/p+1. The third-order valence-corrected chi connectivity index (χ3v) is 2.08. The predicted molar refractivity (Wildman–Crippen MR) is 46.0 cm³/mol. The first-order valence-electron chi connectivity index (χ1n) is 3.18. The molecule has 0 aliphatic rings. The van der Waals surface area contributed by atoms with E-state index < -0.39 is 5.97 Å². The van der Waals surface area contributed by atoms with Gasteiger partial charge in [-0.15, -0.1) is 0 Å². The second-order valence-corrected chi connectivity index (χ2v) is 3.34. The summed E-state index contributed by atoms with van der Waals surface area (Å²) in [6, 6.07) is 0. The maximum Gasteiger partial charge on any atom is 0.304 e. The summed E-state index contributed by atoms with van der Waals surface area (Å²) in [7, 11) is 3.65. The number of carboxylic acid groups (broad SMARTS) is 1. The molecule has 0 aliphatic heterocycles. The Morgan fingerprint density at radius 1 is 1.64 bits per heavy atom. The van der Waals surface area contributed by atoms with Crippen molar-refractivity contribution < 1.29 is 14.5 Å². The first kappa shape index (κ1) is 10.3. The van der Waals surface area contributed by atoms with E-state index in [1.54, 1.807) is 4.58 Å². The Kier molecular flexibility index (Phi) is 4.69. The van der Waals surface area contributed by atoms with Gasteiger partial charge in [0.05, 0.1) is 20.5 Å². The van der Waals surface area contributed by atoms with E-state index in [0.29, 0.717) is 10.9 Å². The molecule has 0 heterocycles. The number of carboxylic acids is 1. The SMILES string of the molecule is C[N+](C)=C(N)SCCC(=O)O. The van der Waals surface area contributed by atoms with Gasteiger partial charge in [0.1, 0.15) is 0 Å². The van der Waals surface area contributed by atoms with Gasteiger partial charge in [0, 0.05) is 5.75 Å². The minimum absolute atomic E-state index is 0.152. The maximum absolute atomic E-state index is 10.1. The van der Waals surface area contributed by atoms with Gasteiger partial charge in [-0.3, -0.25) is 15.1 Å². The Balaban J connectivity index is 3.56. The molecule has 0 aromatic heterocycles. The van der Waals surface area contributed by atoms with Crippen molar-refractivity contribution in [3.63, 3.8) is 0 Å². The lowest BCUT2D eigenvalue weighted by Gasteiger charge is -1.95. The van der Waals surface area contributed by atoms with Crippen molar-refractivity contribution in [2.75, 3.05) is 19.8 Å². The third kappa shape index (κ3) is 5.72. The van der Waals surface area contributed by atoms with Crippen molar-refractivity contribution in [1.82, 2.24) is 0 Å². The van der Waals surface area contributed by atoms with Crippen molar-refractivity contribution in [2.24, 2.45) is 5.73 Å². The van der Waals surface area contributed by atoms with E-state index in [9.17, 15) is 4.79 Å². The minimum atomic E-state index is -0.788. The average molecular weight is 177 g/mol. The van der Waals surface area contributed by atoms with Crippen molar-refractivity contribution in [3.05, 3.63) is 0 Å². The van der Waals surface area contributed by atoms with Crippen LogP contribution in [0.2, 0.25) is 0 Å². The molecular weight excluding hydrogens is 164 g/mol. The van der Waals surface area contributed by atoms with Crippen LogP contribution in [0.25, 0.3) is 0 Å². The van der Waals surface area contributed by atoms with Crippen LogP contribution in [0.15, 0.2) is 0 Å². The highest BCUT2D eigenvalue weighted by Gasteiger charge is 2.03. The second-order valence-electron chi connectivity index (χ2n) is 2.22. The van der Waals surface area contributed by atoms with Gasteiger partial charge in [-0.2, -0.15) is 0 Å². The lowest BCUT2D eigenvalue weighted by molar-refractivity contribution is -0.462. The van der Waals surface area contributed by atoms with Crippen molar-refractivity contribution in [2.45, 2.75) is 6.42 Å². The summed E-state index contributed by atoms with van der Waals surface area (Å²) in [5.74, 6) is -0.261. The predicted octanol–water partition coefficient (Wildman–Crippen LogP) is -0.219. The van der Waals surface area contributed by atoms with Gasteiger partial charge in [0.15, 0.2) is 0 Å². The van der Waals surface area contributed by atoms with Gasteiger partial charge in [-0.25, -0.2) is 0 Å². The largest absolute Gasteiger partial charge is 0.481 e. The van der Waals surface area contributed by atoms with Crippen LogP contribution in [0.5, 0.6) is 0 Å². The normalized spacial score (nSPS) is 9.27. The van der Waals surface area contributed by atoms with Crippen LogP contribution in [0.3, 0.4) is 0 Å². The molecule has 0 saturated heterocycles. The quantitative estimate of drug-likeness (QED) is 0.355. The smallest absolute Gasteiger partial charge is 0.304 e. The number of hydrogen-bond donors (Lipinski definition) is 2. The summed E-state index contributed by atoms with van der Waals surface area (Å²) in [6.07, 6.45) is 0.152. The molecule has 0 rings (SSSR count). The number of nitrogens with two attached hydrogens (primary N) is 1. The van der Waals surface area contributed by atoms with Gasteiger partial charge in [-0.05, 0) is 11.8 Å².